The number of fused-ring (bicyclic) bond motifs is 2. The summed E-state index contributed by atoms with van der Waals surface area (Å²) in [6.45, 7) is 0. The first kappa shape index (κ1) is 12.1. The van der Waals surface area contributed by atoms with Crippen molar-refractivity contribution in [2.45, 2.75) is 11.8 Å². The molecule has 0 bridgehead atoms. The molecule has 0 saturated heterocycles. The van der Waals surface area contributed by atoms with Gasteiger partial charge in [-0.25, -0.2) is 0 Å². The molecule has 1 aliphatic carbocycles. The van der Waals surface area contributed by atoms with Crippen molar-refractivity contribution in [3.8, 4) is 0 Å². The molecule has 19 heavy (non-hydrogen) atoms. The fourth-order valence-corrected chi connectivity index (χ4v) is 2.98. The first-order chi connectivity index (χ1) is 9.26. The molecule has 2 nitrogen and oxygen atoms in total. The van der Waals surface area contributed by atoms with Gasteiger partial charge in [0.05, 0.1) is 11.8 Å². The highest BCUT2D eigenvalue weighted by molar-refractivity contribution is 6.30. The Labute approximate surface area is 116 Å². The van der Waals surface area contributed by atoms with Crippen molar-refractivity contribution in [2.24, 2.45) is 0 Å². The lowest BCUT2D eigenvalue weighted by Gasteiger charge is -2.29. The number of hydrogen-bond acceptors (Lipinski definition) is 2. The highest BCUT2D eigenvalue weighted by atomic mass is 35.5. The molecule has 0 aromatic heterocycles. The van der Waals surface area contributed by atoms with Crippen molar-refractivity contribution in [1.82, 2.24) is 0 Å². The number of carbonyl (C=O) groups excluding carboxylic acids is 2. The standard InChI is InChI=1S/C16H11ClO2/c17-10-5-6-13-14(7-10)16(9-19)12-4-2-1-3-11(12)15(13)8-18/h1-9,15-16H. The van der Waals surface area contributed by atoms with Gasteiger partial charge >= 0.3 is 0 Å². The summed E-state index contributed by atoms with van der Waals surface area (Å²) in [6, 6.07) is 12.9. The third kappa shape index (κ3) is 1.80. The molecule has 0 N–H and O–H groups in total. The van der Waals surface area contributed by atoms with Gasteiger partial charge in [-0.05, 0) is 34.4 Å². The van der Waals surface area contributed by atoms with E-state index >= 15 is 0 Å². The summed E-state index contributed by atoms with van der Waals surface area (Å²) in [4.78, 5) is 22.9. The van der Waals surface area contributed by atoms with E-state index in [-0.39, 0.29) is 11.8 Å². The van der Waals surface area contributed by atoms with Gasteiger partial charge in [0, 0.05) is 5.02 Å². The molecule has 2 aromatic carbocycles. The quantitative estimate of drug-likeness (QED) is 0.785. The maximum Gasteiger partial charge on any atom is 0.131 e. The fourth-order valence-electron chi connectivity index (χ4n) is 2.80. The minimum absolute atomic E-state index is 0.320. The minimum Gasteiger partial charge on any atom is -0.302 e. The van der Waals surface area contributed by atoms with Crippen LogP contribution in [0.1, 0.15) is 34.1 Å². The number of rotatable bonds is 2. The molecule has 0 saturated carbocycles. The molecule has 0 spiro atoms. The molecule has 0 aliphatic heterocycles. The van der Waals surface area contributed by atoms with Crippen LogP contribution in [0.25, 0.3) is 0 Å². The Hall–Kier alpha value is -1.93. The average molecular weight is 271 g/mol. The van der Waals surface area contributed by atoms with Crippen LogP contribution < -0.4 is 0 Å². The molecule has 2 unspecified atom stereocenters. The second-order valence-corrected chi connectivity index (χ2v) is 5.07. The Kier molecular flexibility index (Phi) is 2.96. The van der Waals surface area contributed by atoms with Gasteiger partial charge in [0.25, 0.3) is 0 Å². The topological polar surface area (TPSA) is 34.1 Å². The van der Waals surface area contributed by atoms with Crippen LogP contribution in [-0.2, 0) is 9.59 Å². The largest absolute Gasteiger partial charge is 0.302 e. The number of halogens is 1. The SMILES string of the molecule is O=CC1c2ccccc2C(C=O)c2cc(Cl)ccc21. The lowest BCUT2D eigenvalue weighted by atomic mass is 9.73. The van der Waals surface area contributed by atoms with Crippen LogP contribution in [0, 0.1) is 0 Å². The first-order valence-electron chi connectivity index (χ1n) is 6.05. The minimum atomic E-state index is -0.346. The van der Waals surface area contributed by atoms with Gasteiger partial charge in [-0.3, -0.25) is 0 Å². The lowest BCUT2D eigenvalue weighted by molar-refractivity contribution is -0.109. The number of carbonyl (C=O) groups is 2. The second kappa shape index (κ2) is 4.63. The van der Waals surface area contributed by atoms with Gasteiger partial charge < -0.3 is 9.59 Å². The van der Waals surface area contributed by atoms with Gasteiger partial charge in [-0.2, -0.15) is 0 Å². The van der Waals surface area contributed by atoms with E-state index in [1.165, 1.54) is 0 Å². The molecule has 0 radical (unpaired) electrons. The number of benzene rings is 2. The highest BCUT2D eigenvalue weighted by Gasteiger charge is 2.31. The van der Waals surface area contributed by atoms with Gasteiger partial charge in [-0.15, -0.1) is 0 Å². The summed E-state index contributed by atoms with van der Waals surface area (Å²) in [5.74, 6) is -0.666. The summed E-state index contributed by atoms with van der Waals surface area (Å²) in [5.41, 5.74) is 3.50. The Bertz CT molecular complexity index is 664. The zero-order chi connectivity index (χ0) is 13.4. The molecule has 1 aliphatic rings. The van der Waals surface area contributed by atoms with Crippen LogP contribution in [0.15, 0.2) is 42.5 Å². The van der Waals surface area contributed by atoms with Gasteiger partial charge in [0.1, 0.15) is 12.6 Å². The monoisotopic (exact) mass is 270 g/mol. The molecule has 0 fully saturated rings. The summed E-state index contributed by atoms with van der Waals surface area (Å²) < 4.78 is 0. The maximum absolute atomic E-state index is 11.5. The summed E-state index contributed by atoms with van der Waals surface area (Å²) in [5, 5.41) is 0.578. The first-order valence-corrected chi connectivity index (χ1v) is 6.43. The van der Waals surface area contributed by atoms with E-state index in [4.69, 9.17) is 11.6 Å². The fraction of sp³-hybridized carbons (Fsp3) is 0.125. The summed E-state index contributed by atoms with van der Waals surface area (Å²) in [6.07, 6.45) is 1.83. The molecular formula is C16H11ClO2. The second-order valence-electron chi connectivity index (χ2n) is 4.63. The molecule has 0 heterocycles. The van der Waals surface area contributed by atoms with E-state index in [9.17, 15) is 9.59 Å². The predicted molar refractivity (Wildman–Crippen MR) is 73.7 cm³/mol. The van der Waals surface area contributed by atoms with Gasteiger partial charge in [0.15, 0.2) is 0 Å². The van der Waals surface area contributed by atoms with Gasteiger partial charge in [-0.1, -0.05) is 41.9 Å². The van der Waals surface area contributed by atoms with E-state index in [0.717, 1.165) is 34.8 Å². The zero-order valence-electron chi connectivity index (χ0n) is 10.0. The summed E-state index contributed by atoms with van der Waals surface area (Å²) >= 11 is 6.01. The van der Waals surface area contributed by atoms with E-state index in [1.807, 2.05) is 30.3 Å². The normalized spacial score (nSPS) is 20.3. The maximum atomic E-state index is 11.5. The van der Waals surface area contributed by atoms with Crippen molar-refractivity contribution in [3.05, 3.63) is 69.7 Å². The summed E-state index contributed by atoms with van der Waals surface area (Å²) in [7, 11) is 0. The molecule has 2 aromatic rings. The van der Waals surface area contributed by atoms with Crippen LogP contribution in [0.3, 0.4) is 0 Å². The molecule has 2 atom stereocenters. The number of aldehydes is 2. The van der Waals surface area contributed by atoms with E-state index < -0.39 is 0 Å². The average Bonchev–Trinajstić information content (AvgIpc) is 2.44. The predicted octanol–water partition coefficient (Wildman–Crippen LogP) is 3.32. The van der Waals surface area contributed by atoms with Crippen LogP contribution in [-0.4, -0.2) is 12.6 Å². The Morgan fingerprint density at radius 3 is 1.89 bits per heavy atom. The zero-order valence-corrected chi connectivity index (χ0v) is 10.8. The van der Waals surface area contributed by atoms with Crippen molar-refractivity contribution in [1.29, 1.82) is 0 Å². The third-order valence-electron chi connectivity index (χ3n) is 3.66. The van der Waals surface area contributed by atoms with Crippen LogP contribution in [0.4, 0.5) is 0 Å². The van der Waals surface area contributed by atoms with Crippen LogP contribution in [0.2, 0.25) is 5.02 Å². The van der Waals surface area contributed by atoms with Crippen molar-refractivity contribution >= 4 is 24.2 Å². The molecule has 3 rings (SSSR count). The van der Waals surface area contributed by atoms with Crippen molar-refractivity contribution in [2.75, 3.05) is 0 Å². The Morgan fingerprint density at radius 2 is 1.32 bits per heavy atom. The molecular weight excluding hydrogens is 260 g/mol. The highest BCUT2D eigenvalue weighted by Crippen LogP contribution is 2.42. The van der Waals surface area contributed by atoms with E-state index in [2.05, 4.69) is 0 Å². The lowest BCUT2D eigenvalue weighted by Crippen LogP contribution is -2.19. The molecule has 0 amide bonds. The van der Waals surface area contributed by atoms with Crippen LogP contribution in [0.5, 0.6) is 0 Å². The molecule has 94 valence electrons. The van der Waals surface area contributed by atoms with Crippen molar-refractivity contribution in [3.63, 3.8) is 0 Å². The van der Waals surface area contributed by atoms with E-state index in [0.29, 0.717) is 5.02 Å². The van der Waals surface area contributed by atoms with Gasteiger partial charge in [0.2, 0.25) is 0 Å². The number of hydrogen-bond donors (Lipinski definition) is 0. The van der Waals surface area contributed by atoms with Crippen LogP contribution >= 0.6 is 11.6 Å². The Morgan fingerprint density at radius 1 is 0.789 bits per heavy atom. The Balaban J connectivity index is 2.31. The third-order valence-corrected chi connectivity index (χ3v) is 3.89. The smallest absolute Gasteiger partial charge is 0.131 e. The van der Waals surface area contributed by atoms with Crippen molar-refractivity contribution < 1.29 is 9.59 Å². The van der Waals surface area contributed by atoms with E-state index in [1.54, 1.807) is 12.1 Å². The molecule has 3 heteroatoms.